The fourth-order valence-electron chi connectivity index (χ4n) is 1.54. The van der Waals surface area contributed by atoms with Gasteiger partial charge < -0.3 is 4.57 Å². The molecule has 0 saturated carbocycles. The maximum absolute atomic E-state index is 6.02. The number of rotatable bonds is 3. The summed E-state index contributed by atoms with van der Waals surface area (Å²) in [6, 6.07) is 8.17. The second-order valence-corrected chi connectivity index (χ2v) is 5.60. The fourth-order valence-corrected chi connectivity index (χ4v) is 1.96. The molecule has 0 aliphatic heterocycles. The standard InChI is InChI=1S/C14H14BrClN2/c1-10(2)18-6-5-11(9-18)8-17-12-3-4-13(15)14(16)7-12/h3-10H,1-2H3. The third-order valence-corrected chi connectivity index (χ3v) is 3.83. The van der Waals surface area contributed by atoms with E-state index in [4.69, 9.17) is 11.6 Å². The van der Waals surface area contributed by atoms with Crippen molar-refractivity contribution in [2.45, 2.75) is 19.9 Å². The van der Waals surface area contributed by atoms with Crippen molar-refractivity contribution in [2.75, 3.05) is 0 Å². The monoisotopic (exact) mass is 324 g/mol. The Balaban J connectivity index is 2.16. The van der Waals surface area contributed by atoms with E-state index in [1.807, 2.05) is 30.5 Å². The van der Waals surface area contributed by atoms with Gasteiger partial charge >= 0.3 is 0 Å². The molecule has 2 aromatic rings. The van der Waals surface area contributed by atoms with Gasteiger partial charge in [0.25, 0.3) is 0 Å². The topological polar surface area (TPSA) is 17.3 Å². The third kappa shape index (κ3) is 3.24. The van der Waals surface area contributed by atoms with Gasteiger partial charge in [-0.05, 0) is 54.0 Å². The van der Waals surface area contributed by atoms with Crippen LogP contribution in [0.2, 0.25) is 5.02 Å². The quantitative estimate of drug-likeness (QED) is 0.687. The van der Waals surface area contributed by atoms with Gasteiger partial charge in [0.05, 0.1) is 10.7 Å². The molecule has 18 heavy (non-hydrogen) atoms. The molecule has 0 aliphatic carbocycles. The van der Waals surface area contributed by atoms with E-state index in [0.717, 1.165) is 15.7 Å². The fraction of sp³-hybridized carbons (Fsp3) is 0.214. The number of aromatic nitrogens is 1. The van der Waals surface area contributed by atoms with E-state index in [9.17, 15) is 0 Å². The molecule has 1 aromatic heterocycles. The molecular formula is C14H14BrClN2. The zero-order chi connectivity index (χ0) is 13.1. The molecule has 0 N–H and O–H groups in total. The Labute approximate surface area is 120 Å². The van der Waals surface area contributed by atoms with Gasteiger partial charge in [-0.1, -0.05) is 11.6 Å². The highest BCUT2D eigenvalue weighted by Crippen LogP contribution is 2.26. The van der Waals surface area contributed by atoms with E-state index in [2.05, 4.69) is 51.7 Å². The molecule has 0 aliphatic rings. The Morgan fingerprint density at radius 1 is 1.33 bits per heavy atom. The van der Waals surface area contributed by atoms with Crippen molar-refractivity contribution in [3.8, 4) is 0 Å². The van der Waals surface area contributed by atoms with Gasteiger partial charge in [-0.2, -0.15) is 0 Å². The van der Waals surface area contributed by atoms with Crippen molar-refractivity contribution in [1.82, 2.24) is 4.57 Å². The molecule has 94 valence electrons. The normalized spacial score (nSPS) is 11.6. The van der Waals surface area contributed by atoms with Crippen LogP contribution in [0.25, 0.3) is 0 Å². The van der Waals surface area contributed by atoms with Crippen LogP contribution in [0.4, 0.5) is 5.69 Å². The summed E-state index contributed by atoms with van der Waals surface area (Å²) in [4.78, 5) is 4.41. The van der Waals surface area contributed by atoms with Crippen LogP contribution in [0.1, 0.15) is 25.5 Å². The molecular weight excluding hydrogens is 312 g/mol. The summed E-state index contributed by atoms with van der Waals surface area (Å²) in [5.74, 6) is 0. The summed E-state index contributed by atoms with van der Waals surface area (Å²) in [6.45, 7) is 4.30. The molecule has 1 heterocycles. The maximum atomic E-state index is 6.02. The highest BCUT2D eigenvalue weighted by atomic mass is 79.9. The van der Waals surface area contributed by atoms with Crippen molar-refractivity contribution < 1.29 is 0 Å². The highest BCUT2D eigenvalue weighted by molar-refractivity contribution is 9.10. The SMILES string of the molecule is CC(C)n1ccc(C=Nc2ccc(Br)c(Cl)c2)c1. The van der Waals surface area contributed by atoms with Crippen molar-refractivity contribution in [3.63, 3.8) is 0 Å². The van der Waals surface area contributed by atoms with Crippen LogP contribution in [-0.4, -0.2) is 10.8 Å². The summed E-state index contributed by atoms with van der Waals surface area (Å²) in [6.07, 6.45) is 5.98. The van der Waals surface area contributed by atoms with Crippen LogP contribution >= 0.6 is 27.5 Å². The van der Waals surface area contributed by atoms with Crippen LogP contribution in [-0.2, 0) is 0 Å². The lowest BCUT2D eigenvalue weighted by Gasteiger charge is -2.04. The van der Waals surface area contributed by atoms with E-state index in [-0.39, 0.29) is 0 Å². The van der Waals surface area contributed by atoms with Crippen LogP contribution in [0.15, 0.2) is 46.1 Å². The molecule has 2 rings (SSSR count). The molecule has 0 spiro atoms. The highest BCUT2D eigenvalue weighted by Gasteiger charge is 1.99. The van der Waals surface area contributed by atoms with Gasteiger partial charge in [0.1, 0.15) is 0 Å². The zero-order valence-electron chi connectivity index (χ0n) is 10.3. The van der Waals surface area contributed by atoms with E-state index in [1.165, 1.54) is 0 Å². The number of benzene rings is 1. The van der Waals surface area contributed by atoms with Crippen molar-refractivity contribution in [1.29, 1.82) is 0 Å². The molecule has 0 saturated heterocycles. The summed E-state index contributed by atoms with van der Waals surface area (Å²) in [5.41, 5.74) is 1.93. The van der Waals surface area contributed by atoms with E-state index < -0.39 is 0 Å². The maximum Gasteiger partial charge on any atom is 0.0645 e. The van der Waals surface area contributed by atoms with Crippen LogP contribution in [0.5, 0.6) is 0 Å². The van der Waals surface area contributed by atoms with Crippen molar-refractivity contribution >= 4 is 39.4 Å². The van der Waals surface area contributed by atoms with Crippen LogP contribution in [0, 0.1) is 0 Å². The molecule has 0 unspecified atom stereocenters. The van der Waals surface area contributed by atoms with Gasteiger partial charge in [-0.25, -0.2) is 0 Å². The molecule has 2 nitrogen and oxygen atoms in total. The molecule has 1 aromatic carbocycles. The summed E-state index contributed by atoms with van der Waals surface area (Å²) in [5, 5.41) is 0.671. The van der Waals surface area contributed by atoms with E-state index in [0.29, 0.717) is 11.1 Å². The molecule has 4 heteroatoms. The first kappa shape index (κ1) is 13.4. The first-order chi connectivity index (χ1) is 8.56. The average molecular weight is 326 g/mol. The lowest BCUT2D eigenvalue weighted by molar-refractivity contribution is 0.603. The number of aliphatic imine (C=N–C) groups is 1. The Morgan fingerprint density at radius 2 is 2.11 bits per heavy atom. The van der Waals surface area contributed by atoms with E-state index in [1.54, 1.807) is 0 Å². The van der Waals surface area contributed by atoms with Gasteiger partial charge in [0, 0.05) is 34.7 Å². The number of nitrogens with zero attached hydrogens (tertiary/aromatic N) is 2. The number of hydrogen-bond acceptors (Lipinski definition) is 1. The smallest absolute Gasteiger partial charge is 0.0645 e. The van der Waals surface area contributed by atoms with Gasteiger partial charge in [0.2, 0.25) is 0 Å². The third-order valence-electron chi connectivity index (χ3n) is 2.60. The lowest BCUT2D eigenvalue weighted by Crippen LogP contribution is -1.95. The molecule has 0 fully saturated rings. The second kappa shape index (κ2) is 5.72. The largest absolute Gasteiger partial charge is 0.351 e. The Bertz CT molecular complexity index is 573. The lowest BCUT2D eigenvalue weighted by atomic mass is 10.3. The minimum Gasteiger partial charge on any atom is -0.351 e. The minimum absolute atomic E-state index is 0.467. The molecule has 0 atom stereocenters. The summed E-state index contributed by atoms with van der Waals surface area (Å²) < 4.78 is 3.03. The Kier molecular flexibility index (Phi) is 4.25. The first-order valence-corrected chi connectivity index (χ1v) is 6.90. The Morgan fingerprint density at radius 3 is 2.72 bits per heavy atom. The van der Waals surface area contributed by atoms with Crippen LogP contribution in [0.3, 0.4) is 0 Å². The minimum atomic E-state index is 0.467. The van der Waals surface area contributed by atoms with Crippen molar-refractivity contribution in [2.24, 2.45) is 4.99 Å². The molecule has 0 bridgehead atoms. The van der Waals surface area contributed by atoms with Crippen molar-refractivity contribution in [3.05, 3.63) is 51.7 Å². The molecule has 0 radical (unpaired) electrons. The van der Waals surface area contributed by atoms with E-state index >= 15 is 0 Å². The average Bonchev–Trinajstić information content (AvgIpc) is 2.79. The first-order valence-electron chi connectivity index (χ1n) is 5.73. The summed E-state index contributed by atoms with van der Waals surface area (Å²) in [7, 11) is 0. The predicted octanol–water partition coefficient (Wildman–Crippen LogP) is 5.24. The van der Waals surface area contributed by atoms with Gasteiger partial charge in [-0.3, -0.25) is 4.99 Å². The predicted molar refractivity (Wildman–Crippen MR) is 81.2 cm³/mol. The zero-order valence-corrected chi connectivity index (χ0v) is 12.6. The number of hydrogen-bond donors (Lipinski definition) is 0. The summed E-state index contributed by atoms with van der Waals surface area (Å²) >= 11 is 9.37. The number of halogens is 2. The molecule has 0 amide bonds. The van der Waals surface area contributed by atoms with Gasteiger partial charge in [-0.15, -0.1) is 0 Å². The Hall–Kier alpha value is -1.06. The second-order valence-electron chi connectivity index (χ2n) is 4.34. The van der Waals surface area contributed by atoms with Crippen LogP contribution < -0.4 is 0 Å². The van der Waals surface area contributed by atoms with Gasteiger partial charge in [0.15, 0.2) is 0 Å².